The Kier molecular flexibility index (Phi) is 6.34. The molecule has 37 heavy (non-hydrogen) atoms. The van der Waals surface area contributed by atoms with Gasteiger partial charge in [0, 0.05) is 17.9 Å². The second-order valence-electron chi connectivity index (χ2n) is 11.8. The molecule has 0 unspecified atom stereocenters. The number of aryl methyl sites for hydroxylation is 1. The number of rotatable bonds is 5. The number of fused-ring (bicyclic) bond motifs is 3. The number of phenols is 1. The first-order chi connectivity index (χ1) is 17.5. The number of Topliss-reactive ketones (excluding diaryl/α,β-unsaturated/α-hetero) is 3. The third-order valence-electron chi connectivity index (χ3n) is 9.20. The maximum absolute atomic E-state index is 13.9. The van der Waals surface area contributed by atoms with Crippen molar-refractivity contribution in [3.05, 3.63) is 51.0 Å². The molecular weight excluding hydrogens is 472 g/mol. The van der Waals surface area contributed by atoms with E-state index in [4.69, 9.17) is 0 Å². The number of carbonyl (C=O) groups is 3. The summed E-state index contributed by atoms with van der Waals surface area (Å²) in [7, 11) is 0. The van der Waals surface area contributed by atoms with E-state index in [2.05, 4.69) is 0 Å². The zero-order chi connectivity index (χ0) is 26.8. The van der Waals surface area contributed by atoms with E-state index in [1.165, 1.54) is 25.7 Å². The van der Waals surface area contributed by atoms with Crippen LogP contribution in [0.5, 0.6) is 5.75 Å². The molecule has 0 heterocycles. The molecule has 5 rings (SSSR count). The SMILES string of the molecule is CC(=O)C1=C(O)C[C@@H]2C[C@@H]3Cc4c(C(C)C)cc(CCC5CCCC5)c(O)c4C(=O)C3=C(O)[C@]2(O)C1=O. The highest BCUT2D eigenvalue weighted by Gasteiger charge is 2.59. The van der Waals surface area contributed by atoms with Gasteiger partial charge in [0.1, 0.15) is 22.8 Å². The third-order valence-corrected chi connectivity index (χ3v) is 9.20. The minimum atomic E-state index is -2.46. The lowest BCUT2D eigenvalue weighted by Gasteiger charge is -2.46. The molecular formula is C30H36O7. The monoisotopic (exact) mass is 508 g/mol. The molecule has 198 valence electrons. The summed E-state index contributed by atoms with van der Waals surface area (Å²) in [4.78, 5) is 39.2. The zero-order valence-corrected chi connectivity index (χ0v) is 21.8. The highest BCUT2D eigenvalue weighted by atomic mass is 16.3. The van der Waals surface area contributed by atoms with Gasteiger partial charge in [0.25, 0.3) is 0 Å². The molecule has 0 aromatic heterocycles. The average Bonchev–Trinajstić information content (AvgIpc) is 3.34. The predicted molar refractivity (Wildman–Crippen MR) is 137 cm³/mol. The molecule has 1 fully saturated rings. The molecule has 4 aliphatic carbocycles. The third kappa shape index (κ3) is 3.85. The highest BCUT2D eigenvalue weighted by Crippen LogP contribution is 2.52. The van der Waals surface area contributed by atoms with Crippen molar-refractivity contribution in [3.8, 4) is 5.75 Å². The lowest BCUT2D eigenvalue weighted by atomic mass is 9.59. The lowest BCUT2D eigenvalue weighted by Crippen LogP contribution is -2.56. The van der Waals surface area contributed by atoms with E-state index in [1.54, 1.807) is 0 Å². The first-order valence-corrected chi connectivity index (χ1v) is 13.5. The molecule has 1 saturated carbocycles. The van der Waals surface area contributed by atoms with Crippen LogP contribution in [0.2, 0.25) is 0 Å². The second kappa shape index (κ2) is 9.12. The Balaban J connectivity index is 1.61. The molecule has 0 radical (unpaired) electrons. The summed E-state index contributed by atoms with van der Waals surface area (Å²) in [5, 5.41) is 44.5. The first-order valence-electron chi connectivity index (χ1n) is 13.5. The van der Waals surface area contributed by atoms with Gasteiger partial charge in [-0.15, -0.1) is 0 Å². The molecule has 7 heteroatoms. The molecule has 1 aromatic rings. The predicted octanol–water partition coefficient (Wildman–Crippen LogP) is 4.93. The van der Waals surface area contributed by atoms with E-state index in [9.17, 15) is 34.8 Å². The van der Waals surface area contributed by atoms with Crippen molar-refractivity contribution >= 4 is 17.3 Å². The van der Waals surface area contributed by atoms with Gasteiger partial charge in [-0.2, -0.15) is 0 Å². The molecule has 0 saturated heterocycles. The standard InChI is InChI=1S/C30H36O7/c1-14(2)20-11-17(9-8-16-6-4-5-7-16)26(33)25-21(20)12-18-10-19-13-22(32)23(15(3)31)28(35)30(19,37)29(36)24(18)27(25)34/h11,14,16,18-19,32-33,36-37H,4-10,12-13H2,1-3H3/t18-,19+,30-/m1/s1. The number of aliphatic hydroxyl groups is 3. The number of hydrogen-bond donors (Lipinski definition) is 4. The van der Waals surface area contributed by atoms with Gasteiger partial charge in [-0.1, -0.05) is 45.6 Å². The average molecular weight is 509 g/mol. The minimum absolute atomic E-state index is 0.0677. The number of aliphatic hydroxyl groups excluding tert-OH is 2. The highest BCUT2D eigenvalue weighted by molar-refractivity contribution is 6.25. The van der Waals surface area contributed by atoms with Crippen LogP contribution in [-0.2, 0) is 22.4 Å². The van der Waals surface area contributed by atoms with Crippen LogP contribution in [0.4, 0.5) is 0 Å². The summed E-state index contributed by atoms with van der Waals surface area (Å²) < 4.78 is 0. The van der Waals surface area contributed by atoms with Crippen LogP contribution in [0.1, 0.15) is 98.7 Å². The molecule has 3 atom stereocenters. The number of aromatic hydroxyl groups is 1. The quantitative estimate of drug-likeness (QED) is 0.415. The van der Waals surface area contributed by atoms with Gasteiger partial charge in [0.2, 0.25) is 5.78 Å². The van der Waals surface area contributed by atoms with Crippen molar-refractivity contribution in [1.82, 2.24) is 0 Å². The van der Waals surface area contributed by atoms with Crippen molar-refractivity contribution in [2.45, 2.75) is 90.1 Å². The minimum Gasteiger partial charge on any atom is -0.511 e. The van der Waals surface area contributed by atoms with Crippen LogP contribution in [0.15, 0.2) is 28.7 Å². The Morgan fingerprint density at radius 2 is 1.78 bits per heavy atom. The summed E-state index contributed by atoms with van der Waals surface area (Å²) in [5.41, 5.74) is -0.448. The second-order valence-corrected chi connectivity index (χ2v) is 11.8. The lowest BCUT2D eigenvalue weighted by molar-refractivity contribution is -0.144. The smallest absolute Gasteiger partial charge is 0.209 e. The van der Waals surface area contributed by atoms with Crippen LogP contribution < -0.4 is 0 Å². The van der Waals surface area contributed by atoms with Crippen molar-refractivity contribution < 1.29 is 34.8 Å². The van der Waals surface area contributed by atoms with Crippen LogP contribution >= 0.6 is 0 Å². The van der Waals surface area contributed by atoms with Crippen molar-refractivity contribution in [3.63, 3.8) is 0 Å². The van der Waals surface area contributed by atoms with Crippen LogP contribution in [0.3, 0.4) is 0 Å². The molecule has 4 N–H and O–H groups in total. The summed E-state index contributed by atoms with van der Waals surface area (Å²) in [6, 6.07) is 2.02. The Hall–Kier alpha value is -2.93. The van der Waals surface area contributed by atoms with Gasteiger partial charge >= 0.3 is 0 Å². The van der Waals surface area contributed by atoms with Gasteiger partial charge in [0.05, 0.1) is 5.56 Å². The Labute approximate surface area is 216 Å². The normalized spacial score (nSPS) is 28.0. The molecule has 4 aliphatic rings. The van der Waals surface area contributed by atoms with Gasteiger partial charge in [-0.05, 0) is 67.1 Å². The van der Waals surface area contributed by atoms with E-state index in [1.807, 2.05) is 19.9 Å². The summed E-state index contributed by atoms with van der Waals surface area (Å²) in [5.74, 6) is -4.20. The van der Waals surface area contributed by atoms with E-state index in [0.717, 1.165) is 24.5 Å². The van der Waals surface area contributed by atoms with Crippen molar-refractivity contribution in [2.24, 2.45) is 17.8 Å². The number of allylic oxidation sites excluding steroid dienone is 2. The fourth-order valence-corrected chi connectivity index (χ4v) is 7.25. The molecule has 1 aromatic carbocycles. The first kappa shape index (κ1) is 25.7. The van der Waals surface area contributed by atoms with Crippen LogP contribution in [0.25, 0.3) is 0 Å². The van der Waals surface area contributed by atoms with Gasteiger partial charge < -0.3 is 20.4 Å². The number of benzene rings is 1. The van der Waals surface area contributed by atoms with E-state index in [0.29, 0.717) is 24.3 Å². The largest absolute Gasteiger partial charge is 0.511 e. The Bertz CT molecular complexity index is 1260. The Morgan fingerprint density at radius 3 is 2.41 bits per heavy atom. The Morgan fingerprint density at radius 1 is 1.11 bits per heavy atom. The summed E-state index contributed by atoms with van der Waals surface area (Å²) >= 11 is 0. The maximum atomic E-state index is 13.9. The van der Waals surface area contributed by atoms with Crippen LogP contribution in [0, 0.1) is 17.8 Å². The van der Waals surface area contributed by atoms with Gasteiger partial charge in [-0.3, -0.25) is 14.4 Å². The van der Waals surface area contributed by atoms with Crippen molar-refractivity contribution in [2.75, 3.05) is 0 Å². The molecule has 0 bridgehead atoms. The maximum Gasteiger partial charge on any atom is 0.209 e. The van der Waals surface area contributed by atoms with Gasteiger partial charge in [0.15, 0.2) is 17.2 Å². The molecule has 0 spiro atoms. The molecule has 0 amide bonds. The fraction of sp³-hybridized carbons (Fsp3) is 0.567. The van der Waals surface area contributed by atoms with Crippen molar-refractivity contribution in [1.29, 1.82) is 0 Å². The van der Waals surface area contributed by atoms with E-state index in [-0.39, 0.29) is 35.6 Å². The molecule has 0 aliphatic heterocycles. The van der Waals surface area contributed by atoms with Gasteiger partial charge in [-0.25, -0.2) is 0 Å². The zero-order valence-electron chi connectivity index (χ0n) is 21.8. The van der Waals surface area contributed by atoms with E-state index >= 15 is 0 Å². The van der Waals surface area contributed by atoms with E-state index < -0.39 is 51.9 Å². The summed E-state index contributed by atoms with van der Waals surface area (Å²) in [6.45, 7) is 5.21. The molecule has 7 nitrogen and oxygen atoms in total. The van der Waals surface area contributed by atoms with Crippen LogP contribution in [-0.4, -0.2) is 43.4 Å². The number of carbonyl (C=O) groups excluding carboxylic acids is 3. The summed E-state index contributed by atoms with van der Waals surface area (Å²) in [6.07, 6.45) is 6.83. The fourth-order valence-electron chi connectivity index (χ4n) is 7.25. The number of phenolic OH excluding ortho intramolecular Hbond substituents is 1. The topological polar surface area (TPSA) is 132 Å². The number of hydrogen-bond acceptors (Lipinski definition) is 7. The number of ketones is 3.